The predicted molar refractivity (Wildman–Crippen MR) is 64.8 cm³/mol. The molecule has 0 aromatic carbocycles. The molecule has 6 nitrogen and oxygen atoms in total. The Bertz CT molecular complexity index is 491. The van der Waals surface area contributed by atoms with Crippen LogP contribution in [0.1, 0.15) is 12.8 Å². The van der Waals surface area contributed by atoms with E-state index in [1.165, 1.54) is 6.07 Å². The third kappa shape index (κ3) is 3.75. The minimum atomic E-state index is -0.187. The Hall–Kier alpha value is -2.11. The summed E-state index contributed by atoms with van der Waals surface area (Å²) in [5.74, 6) is 0. The van der Waals surface area contributed by atoms with Crippen LogP contribution in [0, 0.1) is 0 Å². The number of nitrogens with one attached hydrogen (secondary N) is 2. The van der Waals surface area contributed by atoms with Gasteiger partial charge in [-0.2, -0.15) is 5.10 Å². The highest BCUT2D eigenvalue weighted by atomic mass is 16.1. The minimum Gasteiger partial charge on any atom is -0.384 e. The highest BCUT2D eigenvalue weighted by Gasteiger charge is 1.94. The SMILES string of the molecule is O=c1cc(NCCCCn2ccnc2)cn[nH]1. The van der Waals surface area contributed by atoms with Crippen molar-refractivity contribution in [2.45, 2.75) is 19.4 Å². The predicted octanol–water partition coefficient (Wildman–Crippen LogP) is 0.859. The van der Waals surface area contributed by atoms with Crippen LogP contribution in [-0.2, 0) is 6.54 Å². The summed E-state index contributed by atoms with van der Waals surface area (Å²) in [6.45, 7) is 1.80. The molecule has 0 atom stereocenters. The van der Waals surface area contributed by atoms with E-state index in [9.17, 15) is 4.79 Å². The first-order chi connectivity index (χ1) is 8.34. The monoisotopic (exact) mass is 233 g/mol. The van der Waals surface area contributed by atoms with E-state index in [-0.39, 0.29) is 5.56 Å². The number of aromatic amines is 1. The summed E-state index contributed by atoms with van der Waals surface area (Å²) < 4.78 is 2.05. The molecule has 0 aliphatic heterocycles. The molecule has 0 unspecified atom stereocenters. The van der Waals surface area contributed by atoms with Crippen molar-refractivity contribution in [3.63, 3.8) is 0 Å². The van der Waals surface area contributed by atoms with Crippen LogP contribution in [0.25, 0.3) is 0 Å². The van der Waals surface area contributed by atoms with Crippen LogP contribution in [0.5, 0.6) is 0 Å². The maximum absolute atomic E-state index is 11.0. The zero-order chi connectivity index (χ0) is 11.9. The lowest BCUT2D eigenvalue weighted by Gasteiger charge is -2.05. The van der Waals surface area contributed by atoms with Gasteiger partial charge in [-0.25, -0.2) is 10.1 Å². The van der Waals surface area contributed by atoms with Crippen LogP contribution < -0.4 is 10.9 Å². The first-order valence-electron chi connectivity index (χ1n) is 5.59. The Morgan fingerprint density at radius 1 is 1.41 bits per heavy atom. The Labute approximate surface area is 98.7 Å². The van der Waals surface area contributed by atoms with Gasteiger partial charge >= 0.3 is 0 Å². The van der Waals surface area contributed by atoms with Crippen molar-refractivity contribution >= 4 is 5.69 Å². The van der Waals surface area contributed by atoms with E-state index in [4.69, 9.17) is 0 Å². The van der Waals surface area contributed by atoms with Crippen LogP contribution >= 0.6 is 0 Å². The van der Waals surface area contributed by atoms with Gasteiger partial charge in [0, 0.05) is 31.5 Å². The Balaban J connectivity index is 1.65. The number of aromatic nitrogens is 4. The van der Waals surface area contributed by atoms with Gasteiger partial charge in [0.1, 0.15) is 0 Å². The smallest absolute Gasteiger partial charge is 0.266 e. The molecule has 0 radical (unpaired) electrons. The number of rotatable bonds is 6. The molecule has 2 rings (SSSR count). The third-order valence-electron chi connectivity index (χ3n) is 2.40. The number of aryl methyl sites for hydroxylation is 1. The zero-order valence-electron chi connectivity index (χ0n) is 9.47. The molecule has 2 aromatic heterocycles. The van der Waals surface area contributed by atoms with Crippen molar-refractivity contribution in [3.05, 3.63) is 41.3 Å². The summed E-state index contributed by atoms with van der Waals surface area (Å²) in [6, 6.07) is 1.50. The lowest BCUT2D eigenvalue weighted by molar-refractivity contribution is 0.621. The number of H-pyrrole nitrogens is 1. The lowest BCUT2D eigenvalue weighted by atomic mass is 10.3. The van der Waals surface area contributed by atoms with E-state index >= 15 is 0 Å². The molecule has 0 aliphatic rings. The van der Waals surface area contributed by atoms with Crippen molar-refractivity contribution in [3.8, 4) is 0 Å². The standard InChI is InChI=1S/C11H15N5O/c17-11-7-10(8-14-15-11)13-3-1-2-5-16-6-4-12-9-16/h4,6-9H,1-3,5H2,(H2,13,15,17). The third-order valence-corrected chi connectivity index (χ3v) is 2.40. The molecular weight excluding hydrogens is 218 g/mol. The van der Waals surface area contributed by atoms with Crippen molar-refractivity contribution in [1.82, 2.24) is 19.7 Å². The van der Waals surface area contributed by atoms with Gasteiger partial charge in [-0.05, 0) is 12.8 Å². The first-order valence-corrected chi connectivity index (χ1v) is 5.59. The number of hydrogen-bond donors (Lipinski definition) is 2. The number of unbranched alkanes of at least 4 members (excludes halogenated alkanes) is 1. The van der Waals surface area contributed by atoms with Crippen LogP contribution in [0.2, 0.25) is 0 Å². The fourth-order valence-corrected chi connectivity index (χ4v) is 1.54. The van der Waals surface area contributed by atoms with Gasteiger partial charge in [0.25, 0.3) is 5.56 Å². The van der Waals surface area contributed by atoms with Crippen LogP contribution in [0.15, 0.2) is 35.8 Å². The Morgan fingerprint density at radius 3 is 3.12 bits per heavy atom. The summed E-state index contributed by atoms with van der Waals surface area (Å²) in [5, 5.41) is 9.21. The second-order valence-electron chi connectivity index (χ2n) is 3.77. The van der Waals surface area contributed by atoms with E-state index < -0.39 is 0 Å². The molecule has 0 aliphatic carbocycles. The lowest BCUT2D eigenvalue weighted by Crippen LogP contribution is -2.10. The summed E-state index contributed by atoms with van der Waals surface area (Å²) in [5.41, 5.74) is 0.574. The van der Waals surface area contributed by atoms with Gasteiger partial charge in [0.2, 0.25) is 0 Å². The molecular formula is C11H15N5O. The molecule has 6 heteroatoms. The fourth-order valence-electron chi connectivity index (χ4n) is 1.54. The summed E-state index contributed by atoms with van der Waals surface area (Å²) >= 11 is 0. The number of nitrogens with zero attached hydrogens (tertiary/aromatic N) is 3. The maximum atomic E-state index is 11.0. The van der Waals surface area contributed by atoms with Gasteiger partial charge < -0.3 is 9.88 Å². The van der Waals surface area contributed by atoms with E-state index in [1.54, 1.807) is 12.4 Å². The van der Waals surface area contributed by atoms with E-state index in [2.05, 4.69) is 25.1 Å². The highest BCUT2D eigenvalue weighted by molar-refractivity contribution is 5.38. The molecule has 2 heterocycles. The molecule has 2 N–H and O–H groups in total. The minimum absolute atomic E-state index is 0.187. The van der Waals surface area contributed by atoms with Crippen LogP contribution in [0.4, 0.5) is 5.69 Å². The first kappa shape index (κ1) is 11.4. The number of anilines is 1. The summed E-state index contributed by atoms with van der Waals surface area (Å²) in [7, 11) is 0. The van der Waals surface area contributed by atoms with Crippen molar-refractivity contribution in [1.29, 1.82) is 0 Å². The molecule has 17 heavy (non-hydrogen) atoms. The largest absolute Gasteiger partial charge is 0.384 e. The maximum Gasteiger partial charge on any atom is 0.266 e. The van der Waals surface area contributed by atoms with Crippen molar-refractivity contribution in [2.24, 2.45) is 0 Å². The molecule has 0 amide bonds. The van der Waals surface area contributed by atoms with Crippen molar-refractivity contribution in [2.75, 3.05) is 11.9 Å². The molecule has 0 bridgehead atoms. The molecule has 0 saturated carbocycles. The quantitative estimate of drug-likeness (QED) is 0.725. The second-order valence-corrected chi connectivity index (χ2v) is 3.77. The van der Waals surface area contributed by atoms with Crippen LogP contribution in [-0.4, -0.2) is 26.3 Å². The average molecular weight is 233 g/mol. The number of imidazole rings is 1. The topological polar surface area (TPSA) is 75.6 Å². The molecule has 90 valence electrons. The van der Waals surface area contributed by atoms with E-state index in [1.807, 2.05) is 12.5 Å². The molecule has 0 fully saturated rings. The Morgan fingerprint density at radius 2 is 2.35 bits per heavy atom. The Kier molecular flexibility index (Phi) is 3.90. The van der Waals surface area contributed by atoms with Crippen LogP contribution in [0.3, 0.4) is 0 Å². The molecule has 0 spiro atoms. The summed E-state index contributed by atoms with van der Waals surface area (Å²) in [4.78, 5) is 14.9. The zero-order valence-corrected chi connectivity index (χ0v) is 9.47. The average Bonchev–Trinajstić information content (AvgIpc) is 2.82. The second kappa shape index (κ2) is 5.83. The number of hydrogen-bond acceptors (Lipinski definition) is 4. The van der Waals surface area contributed by atoms with Gasteiger partial charge in [0.05, 0.1) is 18.2 Å². The van der Waals surface area contributed by atoms with E-state index in [0.717, 1.165) is 31.6 Å². The normalized spacial score (nSPS) is 10.4. The van der Waals surface area contributed by atoms with Gasteiger partial charge in [-0.15, -0.1) is 0 Å². The van der Waals surface area contributed by atoms with E-state index in [0.29, 0.717) is 0 Å². The van der Waals surface area contributed by atoms with Gasteiger partial charge in [-0.1, -0.05) is 0 Å². The molecule has 2 aromatic rings. The molecule has 0 saturated heterocycles. The van der Waals surface area contributed by atoms with Crippen molar-refractivity contribution < 1.29 is 0 Å². The summed E-state index contributed by atoms with van der Waals surface area (Å²) in [6.07, 6.45) is 9.25. The highest BCUT2D eigenvalue weighted by Crippen LogP contribution is 2.00. The van der Waals surface area contributed by atoms with Gasteiger partial charge in [-0.3, -0.25) is 4.79 Å². The fraction of sp³-hybridized carbons (Fsp3) is 0.364. The van der Waals surface area contributed by atoms with Gasteiger partial charge in [0.15, 0.2) is 0 Å².